The molecular weight excluding hydrogens is 416 g/mol. The first-order valence-electron chi connectivity index (χ1n) is 13.4. The largest absolute Gasteiger partial charge is 0.511 e. The predicted molar refractivity (Wildman–Crippen MR) is 136 cm³/mol. The smallest absolute Gasteiger partial charge is 0.504 e. The van der Waals surface area contributed by atoms with E-state index in [0.717, 1.165) is 80.9 Å². The van der Waals surface area contributed by atoms with Gasteiger partial charge in [-0.1, -0.05) is 85.5 Å². The molecule has 0 fully saturated rings. The van der Waals surface area contributed by atoms with Gasteiger partial charge >= 0.3 is 6.16 Å². The van der Waals surface area contributed by atoms with Gasteiger partial charge in [0, 0.05) is 11.1 Å². The Morgan fingerprint density at radius 3 is 1.67 bits per heavy atom. The Morgan fingerprint density at radius 2 is 1.12 bits per heavy atom. The SMILES string of the molecule is CCCCCCCCCOc1c(CCCC)c(CCCC)c(CCCC)c(O)c1OC(=O)O. The zero-order chi connectivity index (χ0) is 24.5. The van der Waals surface area contributed by atoms with Crippen LogP contribution in [0.5, 0.6) is 17.2 Å². The lowest BCUT2D eigenvalue weighted by molar-refractivity contribution is 0.140. The highest BCUT2D eigenvalue weighted by molar-refractivity contribution is 5.70. The van der Waals surface area contributed by atoms with Crippen LogP contribution < -0.4 is 9.47 Å². The summed E-state index contributed by atoms with van der Waals surface area (Å²) in [6.45, 7) is 9.16. The highest BCUT2D eigenvalue weighted by atomic mass is 16.7. The van der Waals surface area contributed by atoms with Crippen LogP contribution in [0.2, 0.25) is 0 Å². The second-order valence-corrected chi connectivity index (χ2v) is 9.09. The molecule has 0 heterocycles. The number of benzene rings is 1. The number of ether oxygens (including phenoxy) is 2. The molecule has 33 heavy (non-hydrogen) atoms. The third kappa shape index (κ3) is 10.3. The quantitative estimate of drug-likeness (QED) is 0.122. The summed E-state index contributed by atoms with van der Waals surface area (Å²) in [7, 11) is 0. The minimum atomic E-state index is -1.42. The van der Waals surface area contributed by atoms with Crippen LogP contribution in [0.1, 0.15) is 128 Å². The molecule has 0 bridgehead atoms. The Hall–Kier alpha value is -1.91. The van der Waals surface area contributed by atoms with Gasteiger partial charge in [-0.25, -0.2) is 4.79 Å². The molecule has 1 rings (SSSR count). The van der Waals surface area contributed by atoms with Gasteiger partial charge in [0.25, 0.3) is 0 Å². The molecular formula is C28H48O5. The fraction of sp³-hybridized carbons (Fsp3) is 0.750. The average molecular weight is 465 g/mol. The van der Waals surface area contributed by atoms with Crippen molar-refractivity contribution in [3.05, 3.63) is 16.7 Å². The lowest BCUT2D eigenvalue weighted by Crippen LogP contribution is -2.12. The monoisotopic (exact) mass is 464 g/mol. The van der Waals surface area contributed by atoms with Gasteiger partial charge in [-0.05, 0) is 50.5 Å². The van der Waals surface area contributed by atoms with E-state index in [1.807, 2.05) is 0 Å². The molecule has 0 spiro atoms. The first-order valence-corrected chi connectivity index (χ1v) is 13.4. The minimum Gasteiger partial charge on any atom is -0.504 e. The zero-order valence-electron chi connectivity index (χ0n) is 21.6. The third-order valence-corrected chi connectivity index (χ3v) is 6.23. The van der Waals surface area contributed by atoms with E-state index in [4.69, 9.17) is 9.47 Å². The van der Waals surface area contributed by atoms with Crippen molar-refractivity contribution >= 4 is 6.16 Å². The molecule has 2 N–H and O–H groups in total. The average Bonchev–Trinajstić information content (AvgIpc) is 2.79. The van der Waals surface area contributed by atoms with Crippen molar-refractivity contribution in [2.75, 3.05) is 6.61 Å². The molecule has 1 aromatic carbocycles. The van der Waals surface area contributed by atoms with Crippen molar-refractivity contribution in [2.24, 2.45) is 0 Å². The van der Waals surface area contributed by atoms with Crippen molar-refractivity contribution in [3.63, 3.8) is 0 Å². The number of unbranched alkanes of at least 4 members (excludes halogenated alkanes) is 9. The van der Waals surface area contributed by atoms with Crippen LogP contribution in [-0.4, -0.2) is 23.0 Å². The van der Waals surface area contributed by atoms with Gasteiger partial charge in [-0.2, -0.15) is 0 Å². The maximum atomic E-state index is 11.5. The number of phenols is 1. The lowest BCUT2D eigenvalue weighted by Gasteiger charge is -2.23. The molecule has 0 amide bonds. The topological polar surface area (TPSA) is 76.0 Å². The van der Waals surface area contributed by atoms with Crippen molar-refractivity contribution in [2.45, 2.75) is 130 Å². The Kier molecular flexibility index (Phi) is 15.5. The van der Waals surface area contributed by atoms with Gasteiger partial charge in [-0.15, -0.1) is 0 Å². The minimum absolute atomic E-state index is 0.0112. The van der Waals surface area contributed by atoms with Crippen molar-refractivity contribution in [3.8, 4) is 17.2 Å². The van der Waals surface area contributed by atoms with E-state index in [9.17, 15) is 15.0 Å². The summed E-state index contributed by atoms with van der Waals surface area (Å²) in [6, 6.07) is 0. The van der Waals surface area contributed by atoms with E-state index in [0.29, 0.717) is 18.8 Å². The molecule has 0 unspecified atom stereocenters. The maximum Gasteiger partial charge on any atom is 0.511 e. The zero-order valence-corrected chi connectivity index (χ0v) is 21.6. The van der Waals surface area contributed by atoms with Gasteiger partial charge < -0.3 is 19.7 Å². The normalized spacial score (nSPS) is 11.0. The fourth-order valence-electron chi connectivity index (χ4n) is 4.31. The summed E-state index contributed by atoms with van der Waals surface area (Å²) in [4.78, 5) is 11.5. The molecule has 1 aromatic rings. The molecule has 0 saturated heterocycles. The number of hydrogen-bond donors (Lipinski definition) is 2. The first kappa shape index (κ1) is 29.1. The van der Waals surface area contributed by atoms with Crippen LogP contribution in [0.3, 0.4) is 0 Å². The van der Waals surface area contributed by atoms with Gasteiger partial charge in [0.2, 0.25) is 5.75 Å². The van der Waals surface area contributed by atoms with Gasteiger partial charge in [0.15, 0.2) is 11.5 Å². The summed E-state index contributed by atoms with van der Waals surface area (Å²) in [6.07, 6.45) is 15.2. The van der Waals surface area contributed by atoms with Crippen molar-refractivity contribution < 1.29 is 24.5 Å². The molecule has 0 saturated carbocycles. The molecule has 0 radical (unpaired) electrons. The molecule has 190 valence electrons. The number of hydrogen-bond acceptors (Lipinski definition) is 4. The Morgan fingerprint density at radius 1 is 0.636 bits per heavy atom. The highest BCUT2D eigenvalue weighted by Crippen LogP contribution is 2.47. The highest BCUT2D eigenvalue weighted by Gasteiger charge is 2.27. The molecule has 5 heteroatoms. The second-order valence-electron chi connectivity index (χ2n) is 9.09. The summed E-state index contributed by atoms with van der Waals surface area (Å²) < 4.78 is 11.3. The van der Waals surface area contributed by atoms with E-state index in [1.54, 1.807) is 0 Å². The summed E-state index contributed by atoms with van der Waals surface area (Å²) in [5, 5.41) is 20.5. The summed E-state index contributed by atoms with van der Waals surface area (Å²) in [5.74, 6) is 0.385. The predicted octanol–water partition coefficient (Wildman–Crippen LogP) is 8.61. The van der Waals surface area contributed by atoms with Crippen LogP contribution in [0.25, 0.3) is 0 Å². The Labute approximate surface area is 201 Å². The third-order valence-electron chi connectivity index (χ3n) is 6.23. The number of rotatable bonds is 19. The molecule has 0 aliphatic carbocycles. The van der Waals surface area contributed by atoms with Gasteiger partial charge in [-0.3, -0.25) is 0 Å². The fourth-order valence-corrected chi connectivity index (χ4v) is 4.31. The molecule has 5 nitrogen and oxygen atoms in total. The molecule has 0 aromatic heterocycles. The van der Waals surface area contributed by atoms with Crippen LogP contribution in [0.4, 0.5) is 4.79 Å². The molecule has 0 aliphatic rings. The van der Waals surface area contributed by atoms with Gasteiger partial charge in [0.1, 0.15) is 0 Å². The summed E-state index contributed by atoms with van der Waals surface area (Å²) in [5.41, 5.74) is 3.02. The van der Waals surface area contributed by atoms with E-state index in [-0.39, 0.29) is 11.5 Å². The van der Waals surface area contributed by atoms with Crippen molar-refractivity contribution in [1.82, 2.24) is 0 Å². The van der Waals surface area contributed by atoms with Crippen LogP contribution in [0.15, 0.2) is 0 Å². The Balaban J connectivity index is 3.25. The standard InChI is InChI=1S/C28H48O5/c1-5-9-13-14-15-16-17-21-32-26-24(20-12-8-4)22(18-10-6-2)23(19-11-7-3)25(29)27(26)33-28(30)31/h29H,5-21H2,1-4H3,(H,30,31). The second kappa shape index (κ2) is 17.6. The lowest BCUT2D eigenvalue weighted by atomic mass is 9.89. The van der Waals surface area contributed by atoms with E-state index in [1.165, 1.54) is 32.1 Å². The van der Waals surface area contributed by atoms with Crippen LogP contribution in [-0.2, 0) is 19.3 Å². The van der Waals surface area contributed by atoms with E-state index >= 15 is 0 Å². The number of carbonyl (C=O) groups is 1. The van der Waals surface area contributed by atoms with E-state index in [2.05, 4.69) is 27.7 Å². The number of aromatic hydroxyl groups is 1. The number of phenolic OH excluding ortho intramolecular Hbond substituents is 1. The van der Waals surface area contributed by atoms with Gasteiger partial charge in [0.05, 0.1) is 6.61 Å². The maximum absolute atomic E-state index is 11.5. The first-order chi connectivity index (χ1) is 16.0. The van der Waals surface area contributed by atoms with Crippen LogP contribution in [0, 0.1) is 0 Å². The van der Waals surface area contributed by atoms with Crippen LogP contribution >= 0.6 is 0 Å². The summed E-state index contributed by atoms with van der Waals surface area (Å²) >= 11 is 0. The molecule has 0 atom stereocenters. The Bertz CT molecular complexity index is 684. The number of carboxylic acid groups (broad SMARTS) is 1. The van der Waals surface area contributed by atoms with Crippen molar-refractivity contribution in [1.29, 1.82) is 0 Å². The van der Waals surface area contributed by atoms with E-state index < -0.39 is 6.16 Å². The molecule has 0 aliphatic heterocycles.